The van der Waals surface area contributed by atoms with Crippen molar-refractivity contribution in [3.05, 3.63) is 0 Å². The van der Waals surface area contributed by atoms with Crippen LogP contribution in [0.3, 0.4) is 0 Å². The van der Waals surface area contributed by atoms with Gasteiger partial charge in [0.25, 0.3) is 0 Å². The van der Waals surface area contributed by atoms with E-state index in [4.69, 9.17) is 9.47 Å². The number of rotatable bonds is 3. The molecule has 1 aliphatic rings. The van der Waals surface area contributed by atoms with Gasteiger partial charge in [0.1, 0.15) is 5.55 Å². The Morgan fingerprint density at radius 3 is 2.50 bits per heavy atom. The van der Waals surface area contributed by atoms with Gasteiger partial charge in [0.15, 0.2) is 0 Å². The van der Waals surface area contributed by atoms with Crippen LogP contribution in [0.5, 0.6) is 0 Å². The summed E-state index contributed by atoms with van der Waals surface area (Å²) in [6.07, 6.45) is 2.23. The molecule has 0 bridgehead atoms. The molecule has 1 heterocycles. The Balaban J connectivity index is 0.000000561. The number of ether oxygens (including phenoxy) is 2. The monoisotopic (exact) mass is 192 g/mol. The third-order valence-electron chi connectivity index (χ3n) is 1.74. The molecule has 0 unspecified atom stereocenters. The fraction of sp³-hybridized carbons (Fsp3) is 0.857. The van der Waals surface area contributed by atoms with E-state index in [-0.39, 0.29) is 0 Å². The highest BCUT2D eigenvalue weighted by Crippen LogP contribution is 2.13. The molecule has 4 nitrogen and oxygen atoms in total. The standard InChI is InChI=1S/C7H12O2S.H4N2/c10-6-9-5-7-1-3-8-4-2-7;1-2/h6-7H,1-5H2;1-2H2. The van der Waals surface area contributed by atoms with Gasteiger partial charge in [-0.2, -0.15) is 0 Å². The molecular formula is C7H16N2O2S. The van der Waals surface area contributed by atoms with Crippen LogP contribution in [0.2, 0.25) is 0 Å². The Hall–Kier alpha value is -0.230. The van der Waals surface area contributed by atoms with E-state index in [0.29, 0.717) is 5.92 Å². The van der Waals surface area contributed by atoms with Crippen molar-refractivity contribution in [3.8, 4) is 0 Å². The summed E-state index contributed by atoms with van der Waals surface area (Å²) >= 11 is 4.54. The molecule has 4 N–H and O–H groups in total. The van der Waals surface area contributed by atoms with Crippen molar-refractivity contribution in [2.24, 2.45) is 17.6 Å². The highest BCUT2D eigenvalue weighted by atomic mass is 32.1. The average molecular weight is 192 g/mol. The second-order valence-electron chi connectivity index (χ2n) is 2.49. The van der Waals surface area contributed by atoms with E-state index in [1.165, 1.54) is 5.55 Å². The predicted octanol–water partition coefficient (Wildman–Crippen LogP) is 0.206. The molecule has 1 rings (SSSR count). The van der Waals surface area contributed by atoms with Gasteiger partial charge in [0.2, 0.25) is 0 Å². The number of thiocarbonyl (C=S) groups is 1. The van der Waals surface area contributed by atoms with Gasteiger partial charge in [-0.1, -0.05) is 0 Å². The van der Waals surface area contributed by atoms with E-state index in [0.717, 1.165) is 32.7 Å². The van der Waals surface area contributed by atoms with Crippen molar-refractivity contribution < 1.29 is 9.47 Å². The van der Waals surface area contributed by atoms with Gasteiger partial charge >= 0.3 is 0 Å². The number of hydrogen-bond acceptors (Lipinski definition) is 5. The van der Waals surface area contributed by atoms with Gasteiger partial charge < -0.3 is 9.47 Å². The van der Waals surface area contributed by atoms with Gasteiger partial charge in [-0.05, 0) is 31.0 Å². The minimum atomic E-state index is 0.660. The Morgan fingerprint density at radius 1 is 1.42 bits per heavy atom. The lowest BCUT2D eigenvalue weighted by molar-refractivity contribution is 0.0495. The molecule has 0 atom stereocenters. The quantitative estimate of drug-likeness (QED) is 0.380. The molecule has 1 aliphatic heterocycles. The van der Waals surface area contributed by atoms with Gasteiger partial charge in [-0.25, -0.2) is 0 Å². The van der Waals surface area contributed by atoms with Crippen molar-refractivity contribution in [2.45, 2.75) is 12.8 Å². The molecule has 1 fully saturated rings. The number of nitrogens with two attached hydrogens (primary N) is 2. The topological polar surface area (TPSA) is 70.5 Å². The van der Waals surface area contributed by atoms with Crippen molar-refractivity contribution in [1.82, 2.24) is 0 Å². The van der Waals surface area contributed by atoms with E-state index in [9.17, 15) is 0 Å². The van der Waals surface area contributed by atoms with Crippen molar-refractivity contribution in [2.75, 3.05) is 19.8 Å². The predicted molar refractivity (Wildman–Crippen MR) is 51.5 cm³/mol. The molecule has 0 radical (unpaired) electrons. The van der Waals surface area contributed by atoms with Gasteiger partial charge in [-0.3, -0.25) is 11.7 Å². The summed E-state index contributed by atoms with van der Waals surface area (Å²) in [6, 6.07) is 0. The lowest BCUT2D eigenvalue weighted by atomic mass is 10.0. The van der Waals surface area contributed by atoms with Crippen molar-refractivity contribution in [1.29, 1.82) is 0 Å². The molecule has 0 aromatic rings. The zero-order chi connectivity index (χ0) is 9.23. The van der Waals surface area contributed by atoms with Gasteiger partial charge in [0, 0.05) is 13.2 Å². The fourth-order valence-electron chi connectivity index (χ4n) is 1.09. The number of hydrazine groups is 1. The van der Waals surface area contributed by atoms with Crippen LogP contribution in [-0.2, 0) is 9.47 Å². The highest BCUT2D eigenvalue weighted by molar-refractivity contribution is 7.78. The minimum Gasteiger partial charge on any atom is -0.490 e. The second kappa shape index (κ2) is 8.86. The molecule has 0 amide bonds. The first-order valence-corrected chi connectivity index (χ1v) is 4.37. The number of hydrogen-bond donors (Lipinski definition) is 2. The normalized spacial score (nSPS) is 17.5. The van der Waals surface area contributed by atoms with E-state index < -0.39 is 0 Å². The minimum absolute atomic E-state index is 0.660. The van der Waals surface area contributed by atoms with E-state index in [2.05, 4.69) is 23.9 Å². The Kier molecular flexibility index (Phi) is 8.69. The van der Waals surface area contributed by atoms with Gasteiger partial charge in [0.05, 0.1) is 6.61 Å². The molecular weight excluding hydrogens is 176 g/mol. The zero-order valence-electron chi connectivity index (χ0n) is 7.07. The SMILES string of the molecule is NN.S=COCC1CCOCC1. The maximum atomic E-state index is 5.19. The smallest absolute Gasteiger partial charge is 0.146 e. The molecule has 1 saturated heterocycles. The Morgan fingerprint density at radius 2 is 2.00 bits per heavy atom. The molecule has 0 aliphatic carbocycles. The maximum absolute atomic E-state index is 5.19. The molecule has 72 valence electrons. The molecule has 0 saturated carbocycles. The van der Waals surface area contributed by atoms with Crippen LogP contribution >= 0.6 is 12.2 Å². The van der Waals surface area contributed by atoms with Crippen molar-refractivity contribution in [3.63, 3.8) is 0 Å². The summed E-state index contributed by atoms with van der Waals surface area (Å²) in [4.78, 5) is 0. The van der Waals surface area contributed by atoms with Crippen LogP contribution in [0.15, 0.2) is 0 Å². The average Bonchev–Trinajstić information content (AvgIpc) is 2.19. The first-order valence-electron chi connectivity index (χ1n) is 3.90. The molecule has 0 aromatic heterocycles. The van der Waals surface area contributed by atoms with Crippen LogP contribution in [0.25, 0.3) is 0 Å². The lowest BCUT2D eigenvalue weighted by Crippen LogP contribution is -2.19. The Labute approximate surface area is 78.2 Å². The van der Waals surface area contributed by atoms with Crippen LogP contribution in [-0.4, -0.2) is 25.4 Å². The van der Waals surface area contributed by atoms with Crippen LogP contribution in [0, 0.1) is 5.92 Å². The lowest BCUT2D eigenvalue weighted by Gasteiger charge is -2.20. The summed E-state index contributed by atoms with van der Waals surface area (Å²) in [6.45, 7) is 2.53. The van der Waals surface area contributed by atoms with Crippen LogP contribution in [0.1, 0.15) is 12.8 Å². The third kappa shape index (κ3) is 5.42. The highest BCUT2D eigenvalue weighted by Gasteiger charge is 2.12. The largest absolute Gasteiger partial charge is 0.490 e. The third-order valence-corrected chi connectivity index (χ3v) is 1.88. The zero-order valence-corrected chi connectivity index (χ0v) is 7.89. The van der Waals surface area contributed by atoms with E-state index >= 15 is 0 Å². The second-order valence-corrected chi connectivity index (χ2v) is 2.68. The fourth-order valence-corrected chi connectivity index (χ4v) is 1.17. The van der Waals surface area contributed by atoms with Crippen molar-refractivity contribution >= 4 is 17.8 Å². The summed E-state index contributed by atoms with van der Waals surface area (Å²) in [7, 11) is 0. The van der Waals surface area contributed by atoms with E-state index in [1.807, 2.05) is 0 Å². The van der Waals surface area contributed by atoms with Crippen LogP contribution in [0.4, 0.5) is 0 Å². The first-order chi connectivity index (χ1) is 5.93. The maximum Gasteiger partial charge on any atom is 0.146 e. The first kappa shape index (κ1) is 11.8. The summed E-state index contributed by atoms with van der Waals surface area (Å²) in [5, 5.41) is 0. The Bertz CT molecular complexity index is 108. The molecule has 12 heavy (non-hydrogen) atoms. The summed E-state index contributed by atoms with van der Waals surface area (Å²) < 4.78 is 10.2. The molecule has 0 aromatic carbocycles. The van der Waals surface area contributed by atoms with Gasteiger partial charge in [-0.15, -0.1) is 0 Å². The molecule has 5 heteroatoms. The molecule has 0 spiro atoms. The van der Waals surface area contributed by atoms with E-state index in [1.54, 1.807) is 0 Å². The summed E-state index contributed by atoms with van der Waals surface area (Å²) in [5.41, 5.74) is 1.34. The summed E-state index contributed by atoms with van der Waals surface area (Å²) in [5.74, 6) is 8.66. The van der Waals surface area contributed by atoms with Crippen LogP contribution < -0.4 is 11.7 Å².